The largest absolute Gasteiger partial charge is 0.397 e. The van der Waals surface area contributed by atoms with Crippen molar-refractivity contribution in [1.82, 2.24) is 20.0 Å². The summed E-state index contributed by atoms with van der Waals surface area (Å²) >= 11 is 0. The second kappa shape index (κ2) is 5.28. The summed E-state index contributed by atoms with van der Waals surface area (Å²) in [5.74, 6) is -0.403. The van der Waals surface area contributed by atoms with Gasteiger partial charge >= 0.3 is 0 Å². The molecule has 0 unspecified atom stereocenters. The van der Waals surface area contributed by atoms with Gasteiger partial charge in [-0.1, -0.05) is 12.1 Å². The first-order chi connectivity index (χ1) is 10.1. The predicted octanol–water partition coefficient (Wildman–Crippen LogP) is 0.0265. The van der Waals surface area contributed by atoms with Gasteiger partial charge in [0.25, 0.3) is 5.91 Å². The van der Waals surface area contributed by atoms with Gasteiger partial charge in [0.1, 0.15) is 0 Å². The van der Waals surface area contributed by atoms with Gasteiger partial charge < -0.3 is 16.0 Å². The molecular formula is C14H15N5O2. The fourth-order valence-electron chi connectivity index (χ4n) is 2.24. The third-order valence-corrected chi connectivity index (χ3v) is 3.32. The van der Waals surface area contributed by atoms with Crippen LogP contribution < -0.4 is 11.1 Å². The molecule has 7 nitrogen and oxygen atoms in total. The van der Waals surface area contributed by atoms with Crippen molar-refractivity contribution in [3.8, 4) is 5.69 Å². The second-order valence-corrected chi connectivity index (χ2v) is 4.78. The van der Waals surface area contributed by atoms with E-state index in [1.165, 1.54) is 4.90 Å². The van der Waals surface area contributed by atoms with E-state index in [9.17, 15) is 9.59 Å². The predicted molar refractivity (Wildman–Crippen MR) is 76.9 cm³/mol. The van der Waals surface area contributed by atoms with Gasteiger partial charge in [0.2, 0.25) is 5.91 Å². The number of carbonyl (C=O) groups is 2. The summed E-state index contributed by atoms with van der Waals surface area (Å²) in [6.45, 7) is 1.03. The van der Waals surface area contributed by atoms with Crippen LogP contribution in [0.1, 0.15) is 10.5 Å². The summed E-state index contributed by atoms with van der Waals surface area (Å²) in [7, 11) is 0. The number of hydrogen-bond donors (Lipinski definition) is 2. The summed E-state index contributed by atoms with van der Waals surface area (Å²) in [6.07, 6.45) is 1.68. The highest BCUT2D eigenvalue weighted by Crippen LogP contribution is 2.16. The van der Waals surface area contributed by atoms with Gasteiger partial charge in [-0.3, -0.25) is 9.59 Å². The molecule has 0 radical (unpaired) electrons. The maximum absolute atomic E-state index is 12.3. The molecular weight excluding hydrogens is 270 g/mol. The van der Waals surface area contributed by atoms with Crippen molar-refractivity contribution < 1.29 is 9.59 Å². The third kappa shape index (κ3) is 2.58. The fourth-order valence-corrected chi connectivity index (χ4v) is 2.24. The number of hydrogen-bond acceptors (Lipinski definition) is 4. The minimum atomic E-state index is -0.252. The molecule has 0 aliphatic carbocycles. The molecule has 3 rings (SSSR count). The lowest BCUT2D eigenvalue weighted by molar-refractivity contribution is -0.123. The van der Waals surface area contributed by atoms with Crippen molar-refractivity contribution in [2.75, 3.05) is 25.4 Å². The molecule has 1 fully saturated rings. The number of para-hydroxylation sites is 2. The van der Waals surface area contributed by atoms with E-state index < -0.39 is 0 Å². The molecule has 3 N–H and O–H groups in total. The minimum absolute atomic E-state index is 0.0686. The number of piperazine rings is 1. The van der Waals surface area contributed by atoms with E-state index in [0.29, 0.717) is 30.2 Å². The van der Waals surface area contributed by atoms with Gasteiger partial charge in [-0.2, -0.15) is 5.10 Å². The maximum Gasteiger partial charge on any atom is 0.274 e. The molecule has 2 amide bonds. The highest BCUT2D eigenvalue weighted by atomic mass is 16.2. The van der Waals surface area contributed by atoms with Crippen LogP contribution in [0.3, 0.4) is 0 Å². The van der Waals surface area contributed by atoms with Crippen molar-refractivity contribution in [2.24, 2.45) is 0 Å². The number of nitrogen functional groups attached to an aromatic ring is 1. The number of amides is 2. The Balaban J connectivity index is 1.83. The molecule has 2 heterocycles. The molecule has 21 heavy (non-hydrogen) atoms. The Morgan fingerprint density at radius 1 is 1.29 bits per heavy atom. The van der Waals surface area contributed by atoms with Crippen LogP contribution in [0.25, 0.3) is 5.69 Å². The topological polar surface area (TPSA) is 93.2 Å². The molecule has 0 saturated carbocycles. The number of carbonyl (C=O) groups excluding carboxylic acids is 2. The first-order valence-corrected chi connectivity index (χ1v) is 6.61. The van der Waals surface area contributed by atoms with Gasteiger partial charge in [0.05, 0.1) is 17.9 Å². The third-order valence-electron chi connectivity index (χ3n) is 3.32. The van der Waals surface area contributed by atoms with Crippen LogP contribution in [0.5, 0.6) is 0 Å². The van der Waals surface area contributed by atoms with Crippen LogP contribution >= 0.6 is 0 Å². The standard InChI is InChI=1S/C14H15N5O2/c15-10-3-1-2-4-12(10)19-7-5-11(17-19)14(21)18-8-6-16-13(20)9-18/h1-5,7H,6,8-9,15H2,(H,16,20). The zero-order chi connectivity index (χ0) is 14.8. The Morgan fingerprint density at radius 3 is 2.86 bits per heavy atom. The Morgan fingerprint density at radius 2 is 2.10 bits per heavy atom. The van der Waals surface area contributed by atoms with E-state index in [0.717, 1.165) is 0 Å². The summed E-state index contributed by atoms with van der Waals surface area (Å²) in [4.78, 5) is 25.1. The number of aromatic nitrogens is 2. The molecule has 0 atom stereocenters. The van der Waals surface area contributed by atoms with E-state index in [4.69, 9.17) is 5.73 Å². The van der Waals surface area contributed by atoms with E-state index >= 15 is 0 Å². The van der Waals surface area contributed by atoms with Gasteiger partial charge in [-0.15, -0.1) is 0 Å². The van der Waals surface area contributed by atoms with E-state index in [-0.39, 0.29) is 18.4 Å². The zero-order valence-corrected chi connectivity index (χ0v) is 11.3. The number of nitrogens with one attached hydrogen (secondary N) is 1. The SMILES string of the molecule is Nc1ccccc1-n1ccc(C(=O)N2CCNC(=O)C2)n1. The van der Waals surface area contributed by atoms with Gasteiger partial charge in [-0.25, -0.2) is 4.68 Å². The first kappa shape index (κ1) is 13.2. The molecule has 1 aliphatic heterocycles. The number of nitrogens with zero attached hydrogens (tertiary/aromatic N) is 3. The van der Waals surface area contributed by atoms with E-state index in [1.807, 2.05) is 18.2 Å². The average Bonchev–Trinajstić information content (AvgIpc) is 2.96. The van der Waals surface area contributed by atoms with Crippen LogP contribution in [0, 0.1) is 0 Å². The van der Waals surface area contributed by atoms with Crippen molar-refractivity contribution in [2.45, 2.75) is 0 Å². The van der Waals surface area contributed by atoms with E-state index in [1.54, 1.807) is 23.0 Å². The molecule has 1 aliphatic rings. The summed E-state index contributed by atoms with van der Waals surface area (Å²) in [6, 6.07) is 8.91. The molecule has 108 valence electrons. The normalized spacial score (nSPS) is 14.9. The quantitative estimate of drug-likeness (QED) is 0.761. The van der Waals surface area contributed by atoms with Gasteiger partial charge in [0.15, 0.2) is 5.69 Å². The fraction of sp³-hybridized carbons (Fsp3) is 0.214. The van der Waals surface area contributed by atoms with Gasteiger partial charge in [0, 0.05) is 19.3 Å². The molecule has 0 bridgehead atoms. The minimum Gasteiger partial charge on any atom is -0.397 e. The monoisotopic (exact) mass is 285 g/mol. The average molecular weight is 285 g/mol. The Hall–Kier alpha value is -2.83. The van der Waals surface area contributed by atoms with Crippen molar-refractivity contribution in [1.29, 1.82) is 0 Å². The lowest BCUT2D eigenvalue weighted by Gasteiger charge is -2.25. The lowest BCUT2D eigenvalue weighted by atomic mass is 10.3. The van der Waals surface area contributed by atoms with Crippen molar-refractivity contribution in [3.05, 3.63) is 42.2 Å². The van der Waals surface area contributed by atoms with Crippen LogP contribution in [-0.4, -0.2) is 46.1 Å². The molecule has 1 saturated heterocycles. The summed E-state index contributed by atoms with van der Waals surface area (Å²) in [5, 5.41) is 6.94. The second-order valence-electron chi connectivity index (χ2n) is 4.78. The highest BCUT2D eigenvalue weighted by molar-refractivity contribution is 5.95. The maximum atomic E-state index is 12.3. The number of anilines is 1. The molecule has 1 aromatic heterocycles. The molecule has 1 aromatic carbocycles. The molecule has 7 heteroatoms. The van der Waals surface area contributed by atoms with Crippen molar-refractivity contribution >= 4 is 17.5 Å². The summed E-state index contributed by atoms with van der Waals surface area (Å²) in [5.41, 5.74) is 7.49. The Bertz CT molecular complexity index is 694. The van der Waals surface area contributed by atoms with Crippen LogP contribution in [0.2, 0.25) is 0 Å². The molecule has 2 aromatic rings. The molecule has 0 spiro atoms. The smallest absolute Gasteiger partial charge is 0.274 e. The number of nitrogens with two attached hydrogens (primary N) is 1. The first-order valence-electron chi connectivity index (χ1n) is 6.61. The van der Waals surface area contributed by atoms with E-state index in [2.05, 4.69) is 10.4 Å². The van der Waals surface area contributed by atoms with Gasteiger partial charge in [-0.05, 0) is 18.2 Å². The van der Waals surface area contributed by atoms with Crippen LogP contribution in [0.15, 0.2) is 36.5 Å². The number of benzene rings is 1. The Labute approximate surface area is 121 Å². The number of rotatable bonds is 2. The highest BCUT2D eigenvalue weighted by Gasteiger charge is 2.24. The summed E-state index contributed by atoms with van der Waals surface area (Å²) < 4.78 is 1.56. The zero-order valence-electron chi connectivity index (χ0n) is 11.3. The Kier molecular flexibility index (Phi) is 3.31. The van der Waals surface area contributed by atoms with Crippen LogP contribution in [0.4, 0.5) is 5.69 Å². The lowest BCUT2D eigenvalue weighted by Crippen LogP contribution is -2.50. The van der Waals surface area contributed by atoms with Crippen LogP contribution in [-0.2, 0) is 4.79 Å². The van der Waals surface area contributed by atoms with Crippen molar-refractivity contribution in [3.63, 3.8) is 0 Å².